The van der Waals surface area contributed by atoms with E-state index in [0.717, 1.165) is 11.8 Å². The molecule has 18 heavy (non-hydrogen) atoms. The minimum Gasteiger partial charge on any atom is -0.480 e. The number of hydrogen-bond acceptors (Lipinski definition) is 8. The fourth-order valence-electron chi connectivity index (χ4n) is 1.87. The van der Waals surface area contributed by atoms with Crippen molar-refractivity contribution in [2.24, 2.45) is 0 Å². The standard InChI is InChI=1S/C9H13NO7S/c11-3-4(12)9(16)17-6(3)5(13)7-10-2(1-18-7)8(14)15/h2-7,10-13H,1H2,(H,14,15)/t2?,3-,4+,5+,6?,7?/m0/s1. The lowest BCUT2D eigenvalue weighted by Gasteiger charge is -2.24. The Morgan fingerprint density at radius 3 is 2.61 bits per heavy atom. The van der Waals surface area contributed by atoms with E-state index < -0.39 is 47.8 Å². The molecule has 2 saturated heterocycles. The summed E-state index contributed by atoms with van der Waals surface area (Å²) >= 11 is 1.15. The summed E-state index contributed by atoms with van der Waals surface area (Å²) in [6, 6.07) is -0.797. The number of cyclic esters (lactones) is 1. The molecule has 0 bridgehead atoms. The van der Waals surface area contributed by atoms with Crippen molar-refractivity contribution < 1.29 is 34.8 Å². The first kappa shape index (κ1) is 13.6. The van der Waals surface area contributed by atoms with Gasteiger partial charge in [0.25, 0.3) is 0 Å². The van der Waals surface area contributed by atoms with Crippen molar-refractivity contribution in [3.8, 4) is 0 Å². The molecule has 8 nitrogen and oxygen atoms in total. The first-order valence-corrected chi connectivity index (χ1v) is 6.32. The van der Waals surface area contributed by atoms with Crippen LogP contribution in [0.3, 0.4) is 0 Å². The van der Waals surface area contributed by atoms with Crippen molar-refractivity contribution in [2.45, 2.75) is 35.8 Å². The van der Waals surface area contributed by atoms with Crippen LogP contribution in [0.5, 0.6) is 0 Å². The van der Waals surface area contributed by atoms with E-state index in [4.69, 9.17) is 5.11 Å². The van der Waals surface area contributed by atoms with Gasteiger partial charge >= 0.3 is 11.9 Å². The van der Waals surface area contributed by atoms with Crippen LogP contribution >= 0.6 is 11.8 Å². The predicted molar refractivity (Wildman–Crippen MR) is 58.7 cm³/mol. The molecule has 2 aliphatic heterocycles. The number of aliphatic hydroxyl groups excluding tert-OH is 3. The van der Waals surface area contributed by atoms with Crippen molar-refractivity contribution in [1.82, 2.24) is 5.32 Å². The molecule has 0 amide bonds. The zero-order chi connectivity index (χ0) is 13.4. The Bertz CT molecular complexity index is 365. The Hall–Kier alpha value is -0.870. The highest BCUT2D eigenvalue weighted by Crippen LogP contribution is 2.28. The maximum atomic E-state index is 11.0. The van der Waals surface area contributed by atoms with Gasteiger partial charge in [-0.05, 0) is 0 Å². The fourth-order valence-corrected chi connectivity index (χ4v) is 3.12. The molecule has 0 radical (unpaired) electrons. The van der Waals surface area contributed by atoms with E-state index in [1.165, 1.54) is 0 Å². The van der Waals surface area contributed by atoms with Crippen LogP contribution in [0.4, 0.5) is 0 Å². The Morgan fingerprint density at radius 1 is 1.50 bits per heavy atom. The minimum atomic E-state index is -1.67. The fraction of sp³-hybridized carbons (Fsp3) is 0.778. The molecular weight excluding hydrogens is 266 g/mol. The predicted octanol–water partition coefficient (Wildman–Crippen LogP) is -2.89. The Labute approximate surface area is 106 Å². The molecule has 2 heterocycles. The number of esters is 1. The summed E-state index contributed by atoms with van der Waals surface area (Å²) in [7, 11) is 0. The lowest BCUT2D eigenvalue weighted by Crippen LogP contribution is -2.49. The number of thioether (sulfide) groups is 1. The molecule has 0 aromatic carbocycles. The van der Waals surface area contributed by atoms with Crippen LogP contribution in [0.1, 0.15) is 0 Å². The summed E-state index contributed by atoms with van der Waals surface area (Å²) in [6.07, 6.45) is -5.74. The summed E-state index contributed by atoms with van der Waals surface area (Å²) in [5, 5.41) is 39.4. The zero-order valence-electron chi connectivity index (χ0n) is 9.09. The van der Waals surface area contributed by atoms with Crippen LogP contribution in [-0.2, 0) is 14.3 Å². The second-order valence-corrected chi connectivity index (χ2v) is 5.31. The first-order valence-electron chi connectivity index (χ1n) is 5.27. The van der Waals surface area contributed by atoms with Crippen molar-refractivity contribution >= 4 is 23.7 Å². The number of carboxylic acid groups (broad SMARTS) is 1. The second-order valence-electron chi connectivity index (χ2n) is 4.14. The Kier molecular flexibility index (Phi) is 3.78. The summed E-state index contributed by atoms with van der Waals surface area (Å²) in [4.78, 5) is 21.7. The van der Waals surface area contributed by atoms with E-state index in [9.17, 15) is 24.9 Å². The van der Waals surface area contributed by atoms with Crippen molar-refractivity contribution in [3.05, 3.63) is 0 Å². The number of carbonyl (C=O) groups excluding carboxylic acids is 1. The SMILES string of the molecule is O=C(O)C1CSC([C@H](O)C2OC(=O)[C@H](O)[C@@H]2O)N1. The van der Waals surface area contributed by atoms with Gasteiger partial charge in [-0.3, -0.25) is 10.1 Å². The van der Waals surface area contributed by atoms with Crippen molar-refractivity contribution in [1.29, 1.82) is 0 Å². The molecule has 0 saturated carbocycles. The van der Waals surface area contributed by atoms with E-state index in [2.05, 4.69) is 10.1 Å². The van der Waals surface area contributed by atoms with Gasteiger partial charge in [0.15, 0.2) is 12.2 Å². The van der Waals surface area contributed by atoms with Gasteiger partial charge in [0.1, 0.15) is 18.2 Å². The number of nitrogens with one attached hydrogen (secondary N) is 1. The van der Waals surface area contributed by atoms with Gasteiger partial charge in [0.2, 0.25) is 0 Å². The van der Waals surface area contributed by atoms with Gasteiger partial charge in [-0.25, -0.2) is 4.79 Å². The van der Waals surface area contributed by atoms with Crippen LogP contribution in [0.25, 0.3) is 0 Å². The molecule has 0 aromatic heterocycles. The topological polar surface area (TPSA) is 136 Å². The van der Waals surface area contributed by atoms with E-state index in [1.807, 2.05) is 0 Å². The van der Waals surface area contributed by atoms with Crippen molar-refractivity contribution in [3.63, 3.8) is 0 Å². The van der Waals surface area contributed by atoms with E-state index in [1.54, 1.807) is 0 Å². The zero-order valence-corrected chi connectivity index (χ0v) is 9.91. The second kappa shape index (κ2) is 5.02. The maximum absolute atomic E-state index is 11.0. The molecular formula is C9H13NO7S. The molecule has 2 fully saturated rings. The van der Waals surface area contributed by atoms with Crippen LogP contribution in [-0.4, -0.2) is 73.9 Å². The highest BCUT2D eigenvalue weighted by atomic mass is 32.2. The smallest absolute Gasteiger partial charge is 0.338 e. The van der Waals surface area contributed by atoms with Gasteiger partial charge in [-0.1, -0.05) is 0 Å². The number of carbonyl (C=O) groups is 2. The van der Waals surface area contributed by atoms with Gasteiger partial charge in [0.05, 0.1) is 5.37 Å². The third kappa shape index (κ3) is 2.31. The third-order valence-corrected chi connectivity index (χ3v) is 4.21. The number of aliphatic carboxylic acids is 1. The lowest BCUT2D eigenvalue weighted by atomic mass is 10.1. The maximum Gasteiger partial charge on any atom is 0.338 e. The van der Waals surface area contributed by atoms with Crippen molar-refractivity contribution in [2.75, 3.05) is 5.75 Å². The summed E-state index contributed by atoms with van der Waals surface area (Å²) in [5.74, 6) is -1.78. The number of carboxylic acids is 1. The third-order valence-electron chi connectivity index (χ3n) is 2.91. The average Bonchev–Trinajstić information content (AvgIpc) is 2.90. The van der Waals surface area contributed by atoms with Crippen LogP contribution in [0.15, 0.2) is 0 Å². The quantitative estimate of drug-likeness (QED) is 0.345. The molecule has 3 unspecified atom stereocenters. The summed E-state index contributed by atoms with van der Waals surface area (Å²) in [6.45, 7) is 0. The first-order chi connectivity index (χ1) is 8.41. The molecule has 0 aliphatic carbocycles. The highest BCUT2D eigenvalue weighted by molar-refractivity contribution is 8.00. The van der Waals surface area contributed by atoms with Gasteiger partial charge < -0.3 is 25.2 Å². The largest absolute Gasteiger partial charge is 0.480 e. The minimum absolute atomic E-state index is 0.260. The molecule has 2 aliphatic rings. The Balaban J connectivity index is 1.98. The van der Waals surface area contributed by atoms with Crippen LogP contribution < -0.4 is 5.32 Å². The normalized spacial score (nSPS) is 41.7. The summed E-state index contributed by atoms with van der Waals surface area (Å²) < 4.78 is 4.67. The molecule has 2 rings (SSSR count). The van der Waals surface area contributed by atoms with Gasteiger partial charge in [0, 0.05) is 5.75 Å². The van der Waals surface area contributed by atoms with E-state index >= 15 is 0 Å². The number of aliphatic hydroxyl groups is 3. The molecule has 0 aromatic rings. The van der Waals surface area contributed by atoms with Crippen LogP contribution in [0, 0.1) is 0 Å². The number of ether oxygens (including phenoxy) is 1. The number of rotatable bonds is 3. The lowest BCUT2D eigenvalue weighted by molar-refractivity contribution is -0.151. The summed E-state index contributed by atoms with van der Waals surface area (Å²) in [5.41, 5.74) is 0. The molecule has 102 valence electrons. The molecule has 5 N–H and O–H groups in total. The highest BCUT2D eigenvalue weighted by Gasteiger charge is 2.49. The van der Waals surface area contributed by atoms with Crippen LogP contribution in [0.2, 0.25) is 0 Å². The molecule has 6 atom stereocenters. The van der Waals surface area contributed by atoms with Gasteiger partial charge in [-0.15, -0.1) is 11.8 Å². The molecule has 0 spiro atoms. The van der Waals surface area contributed by atoms with Gasteiger partial charge in [-0.2, -0.15) is 0 Å². The monoisotopic (exact) mass is 279 g/mol. The average molecular weight is 279 g/mol. The van der Waals surface area contributed by atoms with E-state index in [-0.39, 0.29) is 5.75 Å². The van der Waals surface area contributed by atoms with E-state index in [0.29, 0.717) is 0 Å². The Morgan fingerprint density at radius 2 is 2.17 bits per heavy atom. The molecule has 9 heteroatoms. The number of hydrogen-bond donors (Lipinski definition) is 5.